The highest BCUT2D eigenvalue weighted by Gasteiger charge is 2.43. The van der Waals surface area contributed by atoms with Crippen molar-refractivity contribution >= 4 is 57.9 Å². The molecule has 1 aliphatic rings. The fourth-order valence-corrected chi connectivity index (χ4v) is 4.37. The number of benzene rings is 3. The van der Waals surface area contributed by atoms with E-state index in [2.05, 4.69) is 22.6 Å². The Kier molecular flexibility index (Phi) is 6.45. The number of methoxy groups -OCH3 is 2. The molecule has 166 valence electrons. The first-order valence-corrected chi connectivity index (χ1v) is 11.0. The summed E-state index contributed by atoms with van der Waals surface area (Å²) in [5.41, 5.74) is 1.15. The van der Waals surface area contributed by atoms with Crippen molar-refractivity contribution < 1.29 is 23.9 Å². The average Bonchev–Trinajstić information content (AvgIpc) is 2.83. The minimum atomic E-state index is -0.735. The summed E-state index contributed by atoms with van der Waals surface area (Å²) < 4.78 is 11.5. The van der Waals surface area contributed by atoms with Gasteiger partial charge in [0.15, 0.2) is 11.5 Å². The Morgan fingerprint density at radius 3 is 1.73 bits per heavy atom. The van der Waals surface area contributed by atoms with Gasteiger partial charge in [-0.05, 0) is 70.6 Å². The van der Waals surface area contributed by atoms with Crippen LogP contribution < -0.4 is 19.3 Å². The highest BCUT2D eigenvalue weighted by atomic mass is 127. The number of para-hydroxylation sites is 2. The monoisotopic (exact) mass is 554 g/mol. The van der Waals surface area contributed by atoms with E-state index >= 15 is 0 Å². The summed E-state index contributed by atoms with van der Waals surface area (Å²) >= 11 is 2.09. The summed E-state index contributed by atoms with van der Waals surface area (Å²) in [5, 5.41) is 0. The Morgan fingerprint density at radius 1 is 0.758 bits per heavy atom. The van der Waals surface area contributed by atoms with E-state index in [1.54, 1.807) is 72.8 Å². The lowest BCUT2D eigenvalue weighted by Crippen LogP contribution is -2.57. The van der Waals surface area contributed by atoms with Crippen molar-refractivity contribution in [1.82, 2.24) is 0 Å². The number of anilines is 2. The number of barbiturate groups is 1. The largest absolute Gasteiger partial charge is 0.493 e. The minimum Gasteiger partial charge on any atom is -0.493 e. The maximum absolute atomic E-state index is 13.4. The SMILES string of the molecule is COc1cc(C=C2C(=O)N(c3ccccc3)C(=O)N(c3ccccc3)C2=O)cc(I)c1OC. The second kappa shape index (κ2) is 9.45. The first-order valence-electron chi connectivity index (χ1n) is 9.92. The summed E-state index contributed by atoms with van der Waals surface area (Å²) in [6.07, 6.45) is 1.47. The van der Waals surface area contributed by atoms with E-state index in [9.17, 15) is 14.4 Å². The molecule has 0 unspecified atom stereocenters. The number of ether oxygens (including phenoxy) is 2. The third-order valence-corrected chi connectivity index (χ3v) is 5.85. The molecule has 3 aromatic rings. The van der Waals surface area contributed by atoms with Crippen LogP contribution in [0, 0.1) is 3.57 Å². The summed E-state index contributed by atoms with van der Waals surface area (Å²) in [7, 11) is 3.04. The smallest absolute Gasteiger partial charge is 0.343 e. The quantitative estimate of drug-likeness (QED) is 0.255. The van der Waals surface area contributed by atoms with Crippen molar-refractivity contribution in [3.05, 3.63) is 87.5 Å². The molecular formula is C25H19IN2O5. The van der Waals surface area contributed by atoms with Gasteiger partial charge in [-0.15, -0.1) is 0 Å². The van der Waals surface area contributed by atoms with E-state index in [-0.39, 0.29) is 5.57 Å². The molecule has 0 atom stereocenters. The number of nitrogens with zero attached hydrogens (tertiary/aromatic N) is 2. The van der Waals surface area contributed by atoms with Gasteiger partial charge in [-0.25, -0.2) is 14.6 Å². The third-order valence-electron chi connectivity index (χ3n) is 5.05. The van der Waals surface area contributed by atoms with Gasteiger partial charge in [0.05, 0.1) is 29.2 Å². The Labute approximate surface area is 204 Å². The number of amides is 4. The molecule has 0 aromatic heterocycles. The maximum atomic E-state index is 13.4. The zero-order chi connectivity index (χ0) is 23.5. The lowest BCUT2D eigenvalue weighted by molar-refractivity contribution is -0.121. The van der Waals surface area contributed by atoms with Crippen molar-refractivity contribution in [2.24, 2.45) is 0 Å². The van der Waals surface area contributed by atoms with Gasteiger partial charge in [-0.1, -0.05) is 36.4 Å². The molecule has 33 heavy (non-hydrogen) atoms. The molecule has 1 fully saturated rings. The first kappa shape index (κ1) is 22.5. The highest BCUT2D eigenvalue weighted by Crippen LogP contribution is 2.35. The van der Waals surface area contributed by atoms with Crippen molar-refractivity contribution in [1.29, 1.82) is 0 Å². The van der Waals surface area contributed by atoms with Gasteiger partial charge in [-0.3, -0.25) is 9.59 Å². The molecule has 0 saturated carbocycles. The molecule has 3 aromatic carbocycles. The van der Waals surface area contributed by atoms with Crippen LogP contribution >= 0.6 is 22.6 Å². The Bertz CT molecular complexity index is 1200. The third kappa shape index (κ3) is 4.21. The number of imide groups is 2. The van der Waals surface area contributed by atoms with Crippen LogP contribution in [0.1, 0.15) is 5.56 Å². The van der Waals surface area contributed by atoms with Crippen LogP contribution in [0.5, 0.6) is 11.5 Å². The topological polar surface area (TPSA) is 76.2 Å². The molecule has 0 aliphatic carbocycles. The summed E-state index contributed by atoms with van der Waals surface area (Å²) in [4.78, 5) is 42.2. The van der Waals surface area contributed by atoms with Gasteiger partial charge >= 0.3 is 6.03 Å². The van der Waals surface area contributed by atoms with E-state index < -0.39 is 17.8 Å². The molecule has 1 heterocycles. The van der Waals surface area contributed by atoms with Gasteiger partial charge in [0, 0.05) is 0 Å². The van der Waals surface area contributed by atoms with Crippen LogP contribution in [0.3, 0.4) is 0 Å². The molecule has 4 rings (SSSR count). The van der Waals surface area contributed by atoms with Gasteiger partial charge in [0.2, 0.25) is 0 Å². The zero-order valence-electron chi connectivity index (χ0n) is 17.8. The van der Waals surface area contributed by atoms with E-state index in [0.717, 1.165) is 13.4 Å². The normalized spacial score (nSPS) is 13.9. The molecule has 0 spiro atoms. The van der Waals surface area contributed by atoms with E-state index in [4.69, 9.17) is 9.47 Å². The predicted octanol–water partition coefficient (Wildman–Crippen LogP) is 4.89. The number of carbonyl (C=O) groups is 3. The molecule has 4 amide bonds. The average molecular weight is 554 g/mol. The van der Waals surface area contributed by atoms with Gasteiger partial charge < -0.3 is 9.47 Å². The molecule has 8 heteroatoms. The second-order valence-electron chi connectivity index (χ2n) is 7.03. The second-order valence-corrected chi connectivity index (χ2v) is 8.19. The fraction of sp³-hybridized carbons (Fsp3) is 0.0800. The lowest BCUT2D eigenvalue weighted by atomic mass is 10.0. The molecular weight excluding hydrogens is 535 g/mol. The molecule has 1 saturated heterocycles. The van der Waals surface area contributed by atoms with Crippen molar-refractivity contribution in [2.75, 3.05) is 24.0 Å². The fourth-order valence-electron chi connectivity index (χ4n) is 3.53. The lowest BCUT2D eigenvalue weighted by Gasteiger charge is -2.34. The minimum absolute atomic E-state index is 0.148. The Hall–Kier alpha value is -3.66. The van der Waals surface area contributed by atoms with Crippen LogP contribution in [0.2, 0.25) is 0 Å². The molecule has 7 nitrogen and oxygen atoms in total. The number of rotatable bonds is 5. The van der Waals surface area contributed by atoms with Crippen LogP contribution in [-0.2, 0) is 9.59 Å². The number of hydrogen-bond acceptors (Lipinski definition) is 5. The summed E-state index contributed by atoms with van der Waals surface area (Å²) in [6.45, 7) is 0. The van der Waals surface area contributed by atoms with Crippen LogP contribution in [0.15, 0.2) is 78.4 Å². The molecule has 1 aliphatic heterocycles. The Balaban J connectivity index is 1.88. The van der Waals surface area contributed by atoms with Crippen molar-refractivity contribution in [3.63, 3.8) is 0 Å². The van der Waals surface area contributed by atoms with Crippen molar-refractivity contribution in [3.8, 4) is 11.5 Å². The standard InChI is InChI=1S/C25H19IN2O5/c1-32-21-15-16(14-20(26)22(21)33-2)13-19-23(29)27(17-9-5-3-6-10-17)25(31)28(24(19)30)18-11-7-4-8-12-18/h3-15H,1-2H3. The molecule has 0 N–H and O–H groups in total. The number of carbonyl (C=O) groups excluding carboxylic acids is 3. The number of halogens is 1. The van der Waals surface area contributed by atoms with E-state index in [1.807, 2.05) is 0 Å². The van der Waals surface area contributed by atoms with Crippen LogP contribution in [-0.4, -0.2) is 32.1 Å². The van der Waals surface area contributed by atoms with E-state index in [1.165, 1.54) is 20.3 Å². The predicted molar refractivity (Wildman–Crippen MR) is 133 cm³/mol. The number of urea groups is 1. The summed E-state index contributed by atoms with van der Waals surface area (Å²) in [5.74, 6) is -0.391. The van der Waals surface area contributed by atoms with E-state index in [0.29, 0.717) is 28.4 Å². The molecule has 0 bridgehead atoms. The first-order chi connectivity index (χ1) is 16.0. The van der Waals surface area contributed by atoms with Gasteiger partial charge in [0.1, 0.15) is 5.57 Å². The molecule has 0 radical (unpaired) electrons. The van der Waals surface area contributed by atoms with Gasteiger partial charge in [0.25, 0.3) is 11.8 Å². The Morgan fingerprint density at radius 2 is 1.27 bits per heavy atom. The number of hydrogen-bond donors (Lipinski definition) is 0. The highest BCUT2D eigenvalue weighted by molar-refractivity contribution is 14.1. The summed E-state index contributed by atoms with van der Waals surface area (Å²) in [6, 6.07) is 19.7. The van der Waals surface area contributed by atoms with Crippen LogP contribution in [0.25, 0.3) is 6.08 Å². The van der Waals surface area contributed by atoms with Gasteiger partial charge in [-0.2, -0.15) is 0 Å². The maximum Gasteiger partial charge on any atom is 0.343 e. The van der Waals surface area contributed by atoms with Crippen LogP contribution in [0.4, 0.5) is 16.2 Å². The zero-order valence-corrected chi connectivity index (χ0v) is 20.0. The van der Waals surface area contributed by atoms with Crippen molar-refractivity contribution in [2.45, 2.75) is 0 Å².